The summed E-state index contributed by atoms with van der Waals surface area (Å²) in [5.41, 5.74) is 3.22. The molecule has 2 saturated heterocycles. The number of halogens is 2. The Hall–Kier alpha value is -3.11. The zero-order valence-electron chi connectivity index (χ0n) is 24.1. The summed E-state index contributed by atoms with van der Waals surface area (Å²) in [5.74, 6) is 0.885. The second-order valence-electron chi connectivity index (χ2n) is 11.8. The fourth-order valence-corrected chi connectivity index (χ4v) is 7.06. The highest BCUT2D eigenvalue weighted by molar-refractivity contribution is 9.10. The van der Waals surface area contributed by atoms with Gasteiger partial charge in [-0.2, -0.15) is 0 Å². The summed E-state index contributed by atoms with van der Waals surface area (Å²) >= 11 is 10.0. The third-order valence-corrected chi connectivity index (χ3v) is 10.2. The molecular weight excluding hydrogens is 632 g/mol. The van der Waals surface area contributed by atoms with Crippen LogP contribution < -0.4 is 9.64 Å². The van der Waals surface area contributed by atoms with Crippen LogP contribution in [0.5, 0.6) is 5.75 Å². The Morgan fingerprint density at radius 1 is 1.02 bits per heavy atom. The molecule has 1 N–H and O–H groups in total. The van der Waals surface area contributed by atoms with E-state index in [1.807, 2.05) is 29.2 Å². The predicted octanol–water partition coefficient (Wildman–Crippen LogP) is 5.99. The van der Waals surface area contributed by atoms with E-state index < -0.39 is 12.2 Å². The molecule has 3 aromatic rings. The van der Waals surface area contributed by atoms with E-state index in [4.69, 9.17) is 16.3 Å². The van der Waals surface area contributed by atoms with Gasteiger partial charge in [0.05, 0.1) is 16.8 Å². The summed E-state index contributed by atoms with van der Waals surface area (Å²) in [5, 5.41) is 9.88. The van der Waals surface area contributed by atoms with Crippen molar-refractivity contribution in [2.24, 2.45) is 5.92 Å². The highest BCUT2D eigenvalue weighted by atomic mass is 79.9. The lowest BCUT2D eigenvalue weighted by atomic mass is 9.89. The van der Waals surface area contributed by atoms with Gasteiger partial charge in [-0.15, -0.1) is 0 Å². The molecule has 3 heterocycles. The predicted molar refractivity (Wildman–Crippen MR) is 171 cm³/mol. The second-order valence-corrected chi connectivity index (χ2v) is 13.0. The van der Waals surface area contributed by atoms with Crippen LogP contribution in [0.25, 0.3) is 0 Å². The smallest absolute Gasteiger partial charge is 0.407 e. The van der Waals surface area contributed by atoms with Gasteiger partial charge >= 0.3 is 6.09 Å². The van der Waals surface area contributed by atoms with Gasteiger partial charge in [0.1, 0.15) is 5.75 Å². The van der Waals surface area contributed by atoms with Crippen molar-refractivity contribution in [1.29, 1.82) is 0 Å². The lowest BCUT2D eigenvalue weighted by molar-refractivity contribution is -0.127. The molecule has 0 spiro atoms. The van der Waals surface area contributed by atoms with E-state index >= 15 is 0 Å². The average molecular weight is 668 g/mol. The molecule has 0 aromatic heterocycles. The summed E-state index contributed by atoms with van der Waals surface area (Å²) < 4.78 is 7.02. The summed E-state index contributed by atoms with van der Waals surface area (Å²) in [4.78, 5) is 33.3. The first kappa shape index (κ1) is 29.9. The van der Waals surface area contributed by atoms with Crippen molar-refractivity contribution in [2.75, 3.05) is 51.2 Å². The maximum Gasteiger partial charge on any atom is 0.407 e. The first-order chi connectivity index (χ1) is 20.8. The van der Waals surface area contributed by atoms with Gasteiger partial charge in [-0.25, -0.2) is 4.79 Å². The maximum atomic E-state index is 14.0. The Bertz CT molecular complexity index is 1410. The number of amides is 2. The number of ether oxygens (including phenoxy) is 1. The number of hydrogen-bond donors (Lipinski definition) is 1. The van der Waals surface area contributed by atoms with Crippen LogP contribution in [0.15, 0.2) is 77.3 Å². The molecule has 8 nitrogen and oxygen atoms in total. The van der Waals surface area contributed by atoms with Crippen LogP contribution in [0.3, 0.4) is 0 Å². The van der Waals surface area contributed by atoms with Crippen LogP contribution >= 0.6 is 27.5 Å². The van der Waals surface area contributed by atoms with Crippen molar-refractivity contribution in [1.82, 2.24) is 14.7 Å². The lowest BCUT2D eigenvalue weighted by Gasteiger charge is -2.47. The SMILES string of the molecule is CN(C(=O)O)C1CCN(C[C@@H]2Oc3cc(Br)c(Cl)cc3N(CC3CN(C(c4ccccc4)c4ccccc4)C3)C2=O)CC1. The minimum Gasteiger partial charge on any atom is -0.477 e. The standard InChI is InChI=1S/C33H36BrClN4O4/c1-36(33(41)42)25-12-14-37(15-13-25)21-30-32(40)39(28-17-27(35)26(34)16-29(28)43-30)20-22-18-38(19-22)31(23-8-4-2-5-9-23)24-10-6-3-7-11-24/h2-11,16-17,22,25,30-31H,12-15,18-21H2,1H3,(H,41,42)/t30-/m0/s1. The number of hydrogen-bond acceptors (Lipinski definition) is 5. The summed E-state index contributed by atoms with van der Waals surface area (Å²) in [6.07, 6.45) is -0.0961. The summed E-state index contributed by atoms with van der Waals surface area (Å²) in [6.45, 7) is 4.21. The van der Waals surface area contributed by atoms with Crippen molar-refractivity contribution in [3.05, 3.63) is 93.4 Å². The first-order valence-corrected chi connectivity index (χ1v) is 15.9. The first-order valence-electron chi connectivity index (χ1n) is 14.8. The fraction of sp³-hybridized carbons (Fsp3) is 0.394. The summed E-state index contributed by atoms with van der Waals surface area (Å²) in [6, 6.07) is 25.0. The zero-order chi connectivity index (χ0) is 30.1. The van der Waals surface area contributed by atoms with E-state index in [0.29, 0.717) is 48.6 Å². The maximum absolute atomic E-state index is 14.0. The third kappa shape index (κ3) is 6.41. The van der Waals surface area contributed by atoms with Crippen LogP contribution in [0.1, 0.15) is 30.0 Å². The molecule has 0 saturated carbocycles. The van der Waals surface area contributed by atoms with Crippen molar-refractivity contribution in [3.63, 3.8) is 0 Å². The number of rotatable bonds is 8. The van der Waals surface area contributed by atoms with E-state index in [9.17, 15) is 14.7 Å². The third-order valence-electron chi connectivity index (χ3n) is 8.96. The molecule has 2 amide bonds. The minimum atomic E-state index is -0.908. The van der Waals surface area contributed by atoms with Crippen molar-refractivity contribution < 1.29 is 19.4 Å². The summed E-state index contributed by atoms with van der Waals surface area (Å²) in [7, 11) is 1.62. The normalized spacial score (nSPS) is 20.0. The lowest BCUT2D eigenvalue weighted by Crippen LogP contribution is -2.58. The minimum absolute atomic E-state index is 0.00999. The monoisotopic (exact) mass is 666 g/mol. The number of benzene rings is 3. The fourth-order valence-electron chi connectivity index (χ4n) is 6.58. The largest absolute Gasteiger partial charge is 0.477 e. The topological polar surface area (TPSA) is 76.6 Å². The number of likely N-dealkylation sites (tertiary alicyclic amines) is 2. The van der Waals surface area contributed by atoms with Gasteiger partial charge in [0.15, 0.2) is 6.10 Å². The molecule has 43 heavy (non-hydrogen) atoms. The Morgan fingerprint density at radius 3 is 2.21 bits per heavy atom. The van der Waals surface area contributed by atoms with Gasteiger partial charge in [0, 0.05) is 62.7 Å². The second kappa shape index (κ2) is 12.9. The Kier molecular flexibility index (Phi) is 8.95. The van der Waals surface area contributed by atoms with Gasteiger partial charge in [-0.1, -0.05) is 72.3 Å². The number of carbonyl (C=O) groups excluding carboxylic acids is 1. The molecule has 3 aliphatic rings. The van der Waals surface area contributed by atoms with Gasteiger partial charge < -0.3 is 19.6 Å². The van der Waals surface area contributed by atoms with Gasteiger partial charge in [0.25, 0.3) is 5.91 Å². The number of carbonyl (C=O) groups is 2. The highest BCUT2D eigenvalue weighted by Gasteiger charge is 2.41. The van der Waals surface area contributed by atoms with Crippen molar-refractivity contribution in [2.45, 2.75) is 31.0 Å². The Morgan fingerprint density at radius 2 is 1.63 bits per heavy atom. The van der Waals surface area contributed by atoms with Crippen LogP contribution in [0.2, 0.25) is 5.02 Å². The van der Waals surface area contributed by atoms with E-state index in [-0.39, 0.29) is 18.0 Å². The Labute approximate surface area is 265 Å². The molecule has 0 aliphatic carbocycles. The van der Waals surface area contributed by atoms with E-state index in [1.165, 1.54) is 16.0 Å². The number of piperidine rings is 1. The van der Waals surface area contributed by atoms with Crippen LogP contribution in [-0.2, 0) is 4.79 Å². The quantitative estimate of drug-likeness (QED) is 0.318. The van der Waals surface area contributed by atoms with E-state index in [1.54, 1.807) is 7.05 Å². The number of carboxylic acid groups (broad SMARTS) is 1. The zero-order valence-corrected chi connectivity index (χ0v) is 26.5. The molecule has 2 fully saturated rings. The average Bonchev–Trinajstić information content (AvgIpc) is 3.00. The highest BCUT2D eigenvalue weighted by Crippen LogP contribution is 2.42. The molecule has 226 valence electrons. The van der Waals surface area contributed by atoms with Crippen molar-refractivity contribution in [3.8, 4) is 5.75 Å². The van der Waals surface area contributed by atoms with Crippen LogP contribution in [0.4, 0.5) is 10.5 Å². The van der Waals surface area contributed by atoms with Crippen LogP contribution in [0, 0.1) is 5.92 Å². The molecule has 10 heteroatoms. The number of nitrogens with zero attached hydrogens (tertiary/aromatic N) is 4. The molecule has 3 aromatic carbocycles. The molecule has 6 rings (SSSR count). The van der Waals surface area contributed by atoms with E-state index in [2.05, 4.69) is 74.3 Å². The molecule has 0 bridgehead atoms. The molecule has 0 radical (unpaired) electrons. The molecule has 0 unspecified atom stereocenters. The molecular formula is C33H36BrClN4O4. The molecule has 3 aliphatic heterocycles. The Balaban J connectivity index is 1.16. The van der Waals surface area contributed by atoms with E-state index in [0.717, 1.165) is 30.4 Å². The number of fused-ring (bicyclic) bond motifs is 1. The number of anilines is 1. The van der Waals surface area contributed by atoms with Gasteiger partial charge in [-0.3, -0.25) is 14.6 Å². The van der Waals surface area contributed by atoms with Crippen molar-refractivity contribution >= 4 is 45.2 Å². The van der Waals surface area contributed by atoms with Gasteiger partial charge in [-0.05, 0) is 52.0 Å². The van der Waals surface area contributed by atoms with Gasteiger partial charge in [0.2, 0.25) is 0 Å². The molecule has 1 atom stereocenters. The van der Waals surface area contributed by atoms with Crippen LogP contribution in [-0.4, -0.2) is 90.3 Å².